The quantitative estimate of drug-likeness (QED) is 0.198. The van der Waals surface area contributed by atoms with Crippen LogP contribution in [0.3, 0.4) is 0 Å². The van der Waals surface area contributed by atoms with Gasteiger partial charge in [-0.25, -0.2) is 4.57 Å². The Kier molecular flexibility index (Phi) is 726. The third kappa shape index (κ3) is 193. The first-order valence-electron chi connectivity index (χ1n) is 0.783. The van der Waals surface area contributed by atoms with Gasteiger partial charge >= 0.3 is 599 Å². The molecule has 72 valence electrons. The fourth-order valence-corrected chi connectivity index (χ4v) is 0. The molecule has 0 radical (unpaired) electrons. The van der Waals surface area contributed by atoms with Crippen molar-refractivity contribution in [2.45, 2.75) is 0 Å². The molecule has 0 aliphatic heterocycles. The molecule has 0 unspecified atom stereocenters. The molecule has 25 heteroatoms. The fraction of sp³-hybridized carbons (Fsp3) is 0. The van der Waals surface area contributed by atoms with E-state index in [4.69, 9.17) is 19.2 Å². The minimum absolute atomic E-state index is 0. The topological polar surface area (TPSA) is 77.8 Å². The molecule has 0 aromatic heterocycles. The summed E-state index contributed by atoms with van der Waals surface area (Å²) in [5.74, 6) is 0. The molecule has 3 N–H and O–H groups in total. The number of hydrogen-bond donors (Lipinski definition) is 3. The summed E-state index contributed by atoms with van der Waals surface area (Å²) >= 11 is 0. The van der Waals surface area contributed by atoms with E-state index in [1.807, 2.05) is 0 Å². The van der Waals surface area contributed by atoms with Crippen LogP contribution in [0.1, 0.15) is 28.5 Å². The van der Waals surface area contributed by atoms with E-state index >= 15 is 0 Å². The summed E-state index contributed by atoms with van der Waals surface area (Å²) in [6.45, 7) is 0. The van der Waals surface area contributed by atoms with E-state index in [0.717, 1.165) is 0 Å². The summed E-state index contributed by atoms with van der Waals surface area (Å²) < 4.78 is 8.88. The first-order chi connectivity index (χ1) is 2.00. The van der Waals surface area contributed by atoms with Gasteiger partial charge in [0.05, 0.1) is 0 Å². The number of rotatable bonds is 0. The van der Waals surface area contributed by atoms with Crippen LogP contribution < -0.4 is 591 Å². The summed E-state index contributed by atoms with van der Waals surface area (Å²) in [6.07, 6.45) is 0. The maximum absolute atomic E-state index is 8.88. The zero-order valence-electron chi connectivity index (χ0n) is 42.2. The Morgan fingerprint density at radius 3 is 0.320 bits per heavy atom. The van der Waals surface area contributed by atoms with Crippen LogP contribution in [-0.4, -0.2) is 14.7 Å². The van der Waals surface area contributed by atoms with Crippen LogP contribution in [0.4, 0.5) is 0 Å². The van der Waals surface area contributed by atoms with E-state index in [1.54, 1.807) is 0 Å². The summed E-state index contributed by atoms with van der Waals surface area (Å²) in [5.41, 5.74) is 0. The first kappa shape index (κ1) is 151. The smallest absolute Gasteiger partial charge is 1.00 e. The van der Waals surface area contributed by atoms with Crippen molar-refractivity contribution in [2.24, 2.45) is 0 Å². The summed E-state index contributed by atoms with van der Waals surface area (Å²) in [4.78, 5) is 21.6. The average molecular weight is 578 g/mol. The van der Waals surface area contributed by atoms with Gasteiger partial charge in [0.1, 0.15) is 0 Å². The Labute approximate surface area is 626 Å². The Bertz CT molecular complexity index is 112. The van der Waals surface area contributed by atoms with Crippen LogP contribution >= 0.6 is 7.82 Å². The molecule has 0 heterocycles. The summed E-state index contributed by atoms with van der Waals surface area (Å²) in [6, 6.07) is 0. The van der Waals surface area contributed by atoms with Crippen LogP contribution in [0.2, 0.25) is 0 Å². The predicted molar refractivity (Wildman–Crippen MR) is 36.5 cm³/mol. The summed E-state index contributed by atoms with van der Waals surface area (Å²) in [5, 5.41) is 0. The minimum atomic E-state index is -4.64. The molecule has 0 aromatic rings. The van der Waals surface area contributed by atoms with E-state index in [1.165, 1.54) is 0 Å². The van der Waals surface area contributed by atoms with Crippen molar-refractivity contribution < 1.29 is 639 Å². The fourth-order valence-electron chi connectivity index (χ4n) is 0. The van der Waals surface area contributed by atoms with Gasteiger partial charge in [-0.15, -0.1) is 0 Å². The second-order valence-corrected chi connectivity index (χ2v) is 1.54. The molecule has 0 aliphatic carbocycles. The van der Waals surface area contributed by atoms with Crippen molar-refractivity contribution in [3.05, 3.63) is 0 Å². The van der Waals surface area contributed by atoms with Crippen LogP contribution in [0.25, 0.3) is 0 Å². The van der Waals surface area contributed by atoms with E-state index in [2.05, 4.69) is 0 Å². The molecule has 0 bridgehead atoms. The van der Waals surface area contributed by atoms with Crippen LogP contribution in [0.15, 0.2) is 0 Å². The van der Waals surface area contributed by atoms with Crippen molar-refractivity contribution in [3.63, 3.8) is 0 Å². The van der Waals surface area contributed by atoms with Gasteiger partial charge in [-0.3, -0.25) is 0 Å². The van der Waals surface area contributed by atoms with E-state index in [0.29, 0.717) is 0 Å². The third-order valence-corrected chi connectivity index (χ3v) is 0. The first-order valence-corrected chi connectivity index (χ1v) is 2.35. The Hall–Kier alpha value is 20.1. The van der Waals surface area contributed by atoms with Gasteiger partial charge in [0.2, 0.25) is 0 Å². The molecule has 0 saturated heterocycles. The van der Waals surface area contributed by atoms with Crippen molar-refractivity contribution in [3.8, 4) is 0 Å². The van der Waals surface area contributed by atoms with Crippen molar-refractivity contribution in [2.75, 3.05) is 0 Å². The zero-order chi connectivity index (χ0) is 4.50. The SMILES string of the molecule is O=P(O)(O)O.[H-].[H-].[H-].[H-].[H-].[H-].[H-].[H-].[H-].[H-].[H-].[H-].[H-].[H-].[H-].[H-].[H-].[H-].[H-].[H-].[Na+].[Na+].[Na+].[Na+].[Na+].[Na+].[Na+].[Na+].[Na+].[Na+].[Na+].[Na+].[Na+].[Na+].[Na+].[Na+].[Na+].[Na+].[Na+].[Na+]. The Morgan fingerprint density at radius 2 is 0.320 bits per heavy atom. The third-order valence-electron chi connectivity index (χ3n) is 0. The van der Waals surface area contributed by atoms with E-state index < -0.39 is 7.82 Å². The van der Waals surface area contributed by atoms with Gasteiger partial charge in [0.15, 0.2) is 0 Å². The molecule has 0 fully saturated rings. The zero-order valence-corrected chi connectivity index (χ0v) is 63.1. The maximum atomic E-state index is 8.88. The summed E-state index contributed by atoms with van der Waals surface area (Å²) in [7, 11) is -4.64. The van der Waals surface area contributed by atoms with Gasteiger partial charge in [0.25, 0.3) is 0 Å². The monoisotopic (exact) mass is 578 g/mol. The van der Waals surface area contributed by atoms with Gasteiger partial charge < -0.3 is 43.2 Å². The molecular formula is H23Na20O4P. The molecule has 25 heavy (non-hydrogen) atoms. The largest absolute Gasteiger partial charge is 1.00 e. The maximum Gasteiger partial charge on any atom is 1.00 e. The van der Waals surface area contributed by atoms with Gasteiger partial charge in [-0.1, -0.05) is 0 Å². The molecular weight excluding hydrogens is 555 g/mol. The van der Waals surface area contributed by atoms with E-state index in [9.17, 15) is 0 Å². The second kappa shape index (κ2) is 120. The predicted octanol–water partition coefficient (Wildman–Crippen LogP) is -58.6. The molecule has 4 nitrogen and oxygen atoms in total. The van der Waals surface area contributed by atoms with Gasteiger partial charge in [0, 0.05) is 0 Å². The number of phosphoric acid groups is 1. The number of hydrogen-bond acceptors (Lipinski definition) is 1. The van der Waals surface area contributed by atoms with Crippen LogP contribution in [0.5, 0.6) is 0 Å². The molecule has 0 aliphatic rings. The molecule has 0 atom stereocenters. The standard InChI is InChI=1S/20Na.H3O4P.20H/c;;;;;;;;;;;;;;;;;;;;1-5(2,3)4;;;;;;;;;;;;;;;;;;;;/h;;;;;;;;;;;;;;;;;;;;(H3,1,2,3,4);;;;;;;;;;;;;;;;;;;;/q20*+1;;20*-1. The van der Waals surface area contributed by atoms with Crippen molar-refractivity contribution in [1.29, 1.82) is 0 Å². The minimum Gasteiger partial charge on any atom is -1.00 e. The van der Waals surface area contributed by atoms with Gasteiger partial charge in [-0.2, -0.15) is 0 Å². The Morgan fingerprint density at radius 1 is 0.320 bits per heavy atom. The molecule has 0 rings (SSSR count). The molecule has 0 saturated carbocycles. The molecule has 0 amide bonds. The van der Waals surface area contributed by atoms with Crippen LogP contribution in [0, 0.1) is 0 Å². The van der Waals surface area contributed by atoms with Crippen molar-refractivity contribution in [1.82, 2.24) is 0 Å². The normalized spacial score (nSPS) is 2.36. The second-order valence-electron chi connectivity index (χ2n) is 0.513. The molecule has 0 aromatic carbocycles. The average Bonchev–Trinajstić information content (AvgIpc) is 0.722. The van der Waals surface area contributed by atoms with Gasteiger partial charge in [-0.05, 0) is 0 Å². The van der Waals surface area contributed by atoms with E-state index in [-0.39, 0.29) is 620 Å². The van der Waals surface area contributed by atoms with Crippen LogP contribution in [-0.2, 0) is 4.57 Å². The van der Waals surface area contributed by atoms with Crippen molar-refractivity contribution >= 4 is 7.82 Å². The molecule has 0 spiro atoms. The Balaban J connectivity index is -0.000000000103.